The maximum absolute atomic E-state index is 13.6. The van der Waals surface area contributed by atoms with E-state index >= 15 is 0 Å². The van der Waals surface area contributed by atoms with Gasteiger partial charge in [-0.3, -0.25) is 4.79 Å². The van der Waals surface area contributed by atoms with Gasteiger partial charge in [0.15, 0.2) is 0 Å². The van der Waals surface area contributed by atoms with Gasteiger partial charge in [0, 0.05) is 22.0 Å². The van der Waals surface area contributed by atoms with Crippen LogP contribution in [0.1, 0.15) is 16.6 Å². The second kappa shape index (κ2) is 4.58. The lowest BCUT2D eigenvalue weighted by Crippen LogP contribution is -2.48. The molecule has 2 heterocycles. The van der Waals surface area contributed by atoms with Crippen molar-refractivity contribution in [2.24, 2.45) is 5.41 Å². The van der Waals surface area contributed by atoms with Gasteiger partial charge in [-0.1, -0.05) is 13.0 Å². The predicted octanol–water partition coefficient (Wildman–Crippen LogP) is 2.81. The van der Waals surface area contributed by atoms with Gasteiger partial charge in [-0.15, -0.1) is 11.3 Å². The first-order valence-corrected chi connectivity index (χ1v) is 6.93. The molecule has 1 aliphatic heterocycles. The van der Waals surface area contributed by atoms with Crippen LogP contribution in [0.2, 0.25) is 0 Å². The van der Waals surface area contributed by atoms with E-state index in [1.54, 1.807) is 12.1 Å². The van der Waals surface area contributed by atoms with Gasteiger partial charge < -0.3 is 10.1 Å². The Morgan fingerprint density at radius 3 is 2.95 bits per heavy atom. The normalized spacial score (nSPS) is 17.2. The van der Waals surface area contributed by atoms with E-state index in [4.69, 9.17) is 4.74 Å². The maximum Gasteiger partial charge on any atom is 0.261 e. The molecule has 1 aromatic carbocycles. The number of thiophene rings is 1. The lowest BCUT2D eigenvalue weighted by molar-refractivity contribution is -0.0978. The molecule has 5 heteroatoms. The summed E-state index contributed by atoms with van der Waals surface area (Å²) >= 11 is 1.31. The van der Waals surface area contributed by atoms with Gasteiger partial charge in [-0.05, 0) is 18.2 Å². The Bertz CT molecular complexity index is 633. The summed E-state index contributed by atoms with van der Waals surface area (Å²) in [6, 6.07) is 6.50. The van der Waals surface area contributed by atoms with Crippen LogP contribution in [-0.2, 0) is 4.74 Å². The van der Waals surface area contributed by atoms with Crippen LogP contribution in [0, 0.1) is 11.2 Å². The molecule has 1 aromatic heterocycles. The van der Waals surface area contributed by atoms with Crippen LogP contribution < -0.4 is 5.32 Å². The van der Waals surface area contributed by atoms with Crippen LogP contribution in [0.4, 0.5) is 4.39 Å². The zero-order valence-corrected chi connectivity index (χ0v) is 11.3. The summed E-state index contributed by atoms with van der Waals surface area (Å²) in [5.41, 5.74) is 0.0393. The third-order valence-corrected chi connectivity index (χ3v) is 4.41. The van der Waals surface area contributed by atoms with Gasteiger partial charge in [-0.2, -0.15) is 0 Å². The highest BCUT2D eigenvalue weighted by Gasteiger charge is 2.33. The monoisotopic (exact) mass is 279 g/mol. The van der Waals surface area contributed by atoms with E-state index in [-0.39, 0.29) is 17.1 Å². The quantitative estimate of drug-likeness (QED) is 0.938. The number of hydrogen-bond acceptors (Lipinski definition) is 3. The summed E-state index contributed by atoms with van der Waals surface area (Å²) in [7, 11) is 0. The molecule has 19 heavy (non-hydrogen) atoms. The standard InChI is InChI=1S/C14H14FNO2S/c1-14(7-18-8-14)6-16-13(17)12-5-9-10(15)3-2-4-11(9)19-12/h2-5H,6-8H2,1H3,(H,16,17). The minimum atomic E-state index is -0.285. The molecule has 1 N–H and O–H groups in total. The summed E-state index contributed by atoms with van der Waals surface area (Å²) in [6.45, 7) is 4.01. The van der Waals surface area contributed by atoms with Crippen molar-refractivity contribution in [1.82, 2.24) is 5.32 Å². The van der Waals surface area contributed by atoms with E-state index in [0.29, 0.717) is 30.0 Å². The maximum atomic E-state index is 13.6. The molecule has 1 saturated heterocycles. The van der Waals surface area contributed by atoms with Crippen molar-refractivity contribution < 1.29 is 13.9 Å². The van der Waals surface area contributed by atoms with E-state index in [1.165, 1.54) is 17.4 Å². The molecule has 0 saturated carbocycles. The smallest absolute Gasteiger partial charge is 0.261 e. The first-order chi connectivity index (χ1) is 9.07. The average molecular weight is 279 g/mol. The van der Waals surface area contributed by atoms with Gasteiger partial charge in [0.25, 0.3) is 5.91 Å². The first kappa shape index (κ1) is 12.6. The Hall–Kier alpha value is -1.46. The van der Waals surface area contributed by atoms with E-state index in [0.717, 1.165) is 4.70 Å². The van der Waals surface area contributed by atoms with Crippen molar-refractivity contribution in [3.05, 3.63) is 35.0 Å². The van der Waals surface area contributed by atoms with Crippen molar-refractivity contribution in [2.75, 3.05) is 19.8 Å². The predicted molar refractivity (Wildman–Crippen MR) is 73.0 cm³/mol. The SMILES string of the molecule is CC1(CNC(=O)c2cc3c(F)cccc3s2)COC1. The number of fused-ring (bicyclic) bond motifs is 1. The topological polar surface area (TPSA) is 38.3 Å². The number of benzene rings is 1. The second-order valence-corrected chi connectivity index (χ2v) is 6.33. The van der Waals surface area contributed by atoms with Crippen molar-refractivity contribution in [1.29, 1.82) is 0 Å². The van der Waals surface area contributed by atoms with Crippen LogP contribution >= 0.6 is 11.3 Å². The van der Waals surface area contributed by atoms with Gasteiger partial charge >= 0.3 is 0 Å². The molecule has 1 fully saturated rings. The summed E-state index contributed by atoms with van der Waals surface area (Å²) in [6.07, 6.45) is 0. The van der Waals surface area contributed by atoms with E-state index < -0.39 is 0 Å². The number of amides is 1. The molecule has 0 aliphatic carbocycles. The molecule has 0 atom stereocenters. The molecule has 1 amide bonds. The first-order valence-electron chi connectivity index (χ1n) is 6.11. The minimum absolute atomic E-state index is 0.0393. The summed E-state index contributed by atoms with van der Waals surface area (Å²) in [5.74, 6) is -0.430. The van der Waals surface area contributed by atoms with Gasteiger partial charge in [0.05, 0.1) is 18.1 Å². The van der Waals surface area contributed by atoms with Gasteiger partial charge in [0.1, 0.15) is 5.82 Å². The Kier molecular flexibility index (Phi) is 3.03. The van der Waals surface area contributed by atoms with Crippen LogP contribution in [0.3, 0.4) is 0 Å². The molecule has 2 aromatic rings. The summed E-state index contributed by atoms with van der Waals surface area (Å²) < 4.78 is 19.5. The third-order valence-electron chi connectivity index (χ3n) is 3.31. The fourth-order valence-corrected chi connectivity index (χ4v) is 3.06. The van der Waals surface area contributed by atoms with Gasteiger partial charge in [0.2, 0.25) is 0 Å². The number of rotatable bonds is 3. The number of hydrogen-bond donors (Lipinski definition) is 1. The number of carbonyl (C=O) groups is 1. The molecule has 100 valence electrons. The fourth-order valence-electron chi connectivity index (χ4n) is 2.07. The fraction of sp³-hybridized carbons (Fsp3) is 0.357. The Morgan fingerprint density at radius 1 is 1.53 bits per heavy atom. The van der Waals surface area contributed by atoms with Crippen molar-refractivity contribution in [2.45, 2.75) is 6.92 Å². The molecule has 1 aliphatic rings. The molecule has 0 bridgehead atoms. The second-order valence-electron chi connectivity index (χ2n) is 5.25. The third kappa shape index (κ3) is 2.35. The highest BCUT2D eigenvalue weighted by atomic mass is 32.1. The van der Waals surface area contributed by atoms with Crippen LogP contribution in [0.5, 0.6) is 0 Å². The highest BCUT2D eigenvalue weighted by molar-refractivity contribution is 7.20. The molecule has 0 unspecified atom stereocenters. The largest absolute Gasteiger partial charge is 0.380 e. The zero-order valence-electron chi connectivity index (χ0n) is 10.5. The Labute approximate surface area is 114 Å². The van der Waals surface area contributed by atoms with Crippen LogP contribution in [0.15, 0.2) is 24.3 Å². The zero-order chi connectivity index (χ0) is 13.5. The van der Waals surface area contributed by atoms with Crippen molar-refractivity contribution in [3.63, 3.8) is 0 Å². The highest BCUT2D eigenvalue weighted by Crippen LogP contribution is 2.28. The average Bonchev–Trinajstić information content (AvgIpc) is 2.79. The van der Waals surface area contributed by atoms with E-state index in [2.05, 4.69) is 12.2 Å². The lowest BCUT2D eigenvalue weighted by atomic mass is 9.89. The van der Waals surface area contributed by atoms with Crippen LogP contribution in [0.25, 0.3) is 10.1 Å². The molecular formula is C14H14FNO2S. The van der Waals surface area contributed by atoms with E-state index in [9.17, 15) is 9.18 Å². The lowest BCUT2D eigenvalue weighted by Gasteiger charge is -2.37. The minimum Gasteiger partial charge on any atom is -0.380 e. The Balaban J connectivity index is 1.76. The molecule has 3 nitrogen and oxygen atoms in total. The number of halogens is 1. The van der Waals surface area contributed by atoms with Gasteiger partial charge in [-0.25, -0.2) is 4.39 Å². The van der Waals surface area contributed by atoms with E-state index in [1.807, 2.05) is 6.07 Å². The number of carbonyl (C=O) groups excluding carboxylic acids is 1. The number of nitrogens with one attached hydrogen (secondary N) is 1. The van der Waals surface area contributed by atoms with Crippen LogP contribution in [-0.4, -0.2) is 25.7 Å². The summed E-state index contributed by atoms with van der Waals surface area (Å²) in [4.78, 5) is 12.6. The molecular weight excluding hydrogens is 265 g/mol. The molecule has 3 rings (SSSR count). The molecule has 0 radical (unpaired) electrons. The Morgan fingerprint density at radius 2 is 2.32 bits per heavy atom. The van der Waals surface area contributed by atoms with Crippen molar-refractivity contribution >= 4 is 27.3 Å². The molecule has 0 spiro atoms. The summed E-state index contributed by atoms with van der Waals surface area (Å²) in [5, 5.41) is 3.40. The van der Waals surface area contributed by atoms with Crippen molar-refractivity contribution in [3.8, 4) is 0 Å². The number of ether oxygens (including phenoxy) is 1.